The molecule has 0 aliphatic carbocycles. The molecule has 0 heteroatoms. The summed E-state index contributed by atoms with van der Waals surface area (Å²) in [6.45, 7) is 6.18. The molecule has 0 fully saturated rings. The fraction of sp³-hybridized carbons (Fsp3) is 0.158. The van der Waals surface area contributed by atoms with Crippen LogP contribution < -0.4 is 0 Å². The minimum Gasteiger partial charge on any atom is -0.0683 e. The summed E-state index contributed by atoms with van der Waals surface area (Å²) in [7, 11) is 0. The minimum atomic E-state index is 1.28. The summed E-state index contributed by atoms with van der Waals surface area (Å²) < 4.78 is 0. The Morgan fingerprint density at radius 3 is 2.00 bits per heavy atom. The Bertz CT molecular complexity index is 651. The first-order valence-electron chi connectivity index (χ1n) is 6.89. The van der Waals surface area contributed by atoms with Crippen molar-refractivity contribution in [3.8, 4) is 11.1 Å². The Morgan fingerprint density at radius 2 is 1.26 bits per heavy atom. The van der Waals surface area contributed by atoms with Crippen molar-refractivity contribution in [2.45, 2.75) is 20.8 Å². The number of rotatable bonds is 1. The number of fused-ring (bicyclic) bond motifs is 1. The molecule has 0 aliphatic rings. The second-order valence-corrected chi connectivity index (χ2v) is 4.38. The number of hydrogen-bond acceptors (Lipinski definition) is 0. The van der Waals surface area contributed by atoms with Crippen LogP contribution in [0, 0.1) is 6.92 Å². The molecule has 0 saturated carbocycles. The van der Waals surface area contributed by atoms with Gasteiger partial charge in [-0.2, -0.15) is 0 Å². The van der Waals surface area contributed by atoms with Gasteiger partial charge in [-0.3, -0.25) is 0 Å². The van der Waals surface area contributed by atoms with Crippen molar-refractivity contribution in [1.29, 1.82) is 0 Å². The molecule has 0 spiro atoms. The third-order valence-corrected chi connectivity index (χ3v) is 3.18. The first kappa shape index (κ1) is 13.4. The van der Waals surface area contributed by atoms with E-state index >= 15 is 0 Å². The summed E-state index contributed by atoms with van der Waals surface area (Å²) >= 11 is 0. The van der Waals surface area contributed by atoms with Gasteiger partial charge in [-0.05, 0) is 40.5 Å². The molecule has 0 atom stereocenters. The van der Waals surface area contributed by atoms with Crippen LogP contribution in [-0.4, -0.2) is 0 Å². The van der Waals surface area contributed by atoms with E-state index in [0.717, 1.165) is 0 Å². The van der Waals surface area contributed by atoms with E-state index in [1.807, 2.05) is 13.8 Å². The maximum atomic E-state index is 2.26. The first-order chi connectivity index (χ1) is 9.34. The molecule has 0 radical (unpaired) electrons. The molecule has 3 rings (SSSR count). The molecule has 0 heterocycles. The fourth-order valence-corrected chi connectivity index (χ4v) is 2.30. The lowest BCUT2D eigenvalue weighted by atomic mass is 9.98. The molecule has 3 aromatic rings. The van der Waals surface area contributed by atoms with Crippen LogP contribution in [0.2, 0.25) is 0 Å². The lowest BCUT2D eigenvalue weighted by Crippen LogP contribution is -1.82. The lowest BCUT2D eigenvalue weighted by Gasteiger charge is -2.07. The summed E-state index contributed by atoms with van der Waals surface area (Å²) in [4.78, 5) is 0. The monoisotopic (exact) mass is 248 g/mol. The van der Waals surface area contributed by atoms with E-state index < -0.39 is 0 Å². The van der Waals surface area contributed by atoms with Gasteiger partial charge in [-0.25, -0.2) is 0 Å². The van der Waals surface area contributed by atoms with Crippen molar-refractivity contribution >= 4 is 10.8 Å². The summed E-state index contributed by atoms with van der Waals surface area (Å²) in [6.07, 6.45) is 0. The van der Waals surface area contributed by atoms with E-state index in [1.165, 1.54) is 27.5 Å². The third kappa shape index (κ3) is 2.85. The normalized spacial score (nSPS) is 9.84. The highest BCUT2D eigenvalue weighted by Crippen LogP contribution is 2.27. The standard InChI is InChI=1S/C17H14.C2H6/c1-13-11-16(14-7-3-2-4-8-14)12-15-9-5-6-10-17(13)15;1-2/h2-12H,1H3;1-2H3. The maximum absolute atomic E-state index is 2.26. The van der Waals surface area contributed by atoms with Gasteiger partial charge in [0.2, 0.25) is 0 Å². The average Bonchev–Trinajstić information content (AvgIpc) is 2.50. The Labute approximate surface area is 115 Å². The SMILES string of the molecule is CC.Cc1cc(-c2ccccc2)cc2ccccc12. The predicted octanol–water partition coefficient (Wildman–Crippen LogP) is 5.84. The van der Waals surface area contributed by atoms with Crippen LogP contribution in [0.15, 0.2) is 66.7 Å². The molecule has 0 aromatic heterocycles. The molecular formula is C19H20. The van der Waals surface area contributed by atoms with Crippen LogP contribution in [0.1, 0.15) is 19.4 Å². The number of aryl methyl sites for hydroxylation is 1. The van der Waals surface area contributed by atoms with E-state index in [0.29, 0.717) is 0 Å². The van der Waals surface area contributed by atoms with E-state index in [-0.39, 0.29) is 0 Å². The second-order valence-electron chi connectivity index (χ2n) is 4.38. The first-order valence-corrected chi connectivity index (χ1v) is 6.89. The van der Waals surface area contributed by atoms with Gasteiger partial charge >= 0.3 is 0 Å². The Hall–Kier alpha value is -2.08. The van der Waals surface area contributed by atoms with Gasteiger partial charge in [0.25, 0.3) is 0 Å². The molecule has 0 bridgehead atoms. The molecule has 0 saturated heterocycles. The van der Waals surface area contributed by atoms with Crippen molar-refractivity contribution in [1.82, 2.24) is 0 Å². The highest BCUT2D eigenvalue weighted by atomic mass is 14.1. The Morgan fingerprint density at radius 1 is 0.632 bits per heavy atom. The Balaban J connectivity index is 0.000000637. The van der Waals surface area contributed by atoms with Crippen LogP contribution >= 0.6 is 0 Å². The predicted molar refractivity (Wildman–Crippen MR) is 85.5 cm³/mol. The van der Waals surface area contributed by atoms with E-state index in [4.69, 9.17) is 0 Å². The molecule has 0 nitrogen and oxygen atoms in total. The zero-order chi connectivity index (χ0) is 13.7. The third-order valence-electron chi connectivity index (χ3n) is 3.18. The van der Waals surface area contributed by atoms with E-state index in [1.54, 1.807) is 0 Å². The van der Waals surface area contributed by atoms with Crippen LogP contribution in [0.3, 0.4) is 0 Å². The van der Waals surface area contributed by atoms with Gasteiger partial charge in [0.15, 0.2) is 0 Å². The maximum Gasteiger partial charge on any atom is -0.0154 e. The van der Waals surface area contributed by atoms with Gasteiger partial charge in [-0.15, -0.1) is 0 Å². The summed E-state index contributed by atoms with van der Waals surface area (Å²) in [5, 5.41) is 2.65. The zero-order valence-corrected chi connectivity index (χ0v) is 11.9. The van der Waals surface area contributed by atoms with Crippen LogP contribution in [-0.2, 0) is 0 Å². The molecule has 19 heavy (non-hydrogen) atoms. The van der Waals surface area contributed by atoms with Crippen LogP contribution in [0.25, 0.3) is 21.9 Å². The molecule has 0 aliphatic heterocycles. The quantitative estimate of drug-likeness (QED) is 0.507. The molecule has 0 amide bonds. The number of hydrogen-bond donors (Lipinski definition) is 0. The Kier molecular flexibility index (Phi) is 4.35. The van der Waals surface area contributed by atoms with Crippen molar-refractivity contribution in [2.24, 2.45) is 0 Å². The highest BCUT2D eigenvalue weighted by molar-refractivity contribution is 5.90. The van der Waals surface area contributed by atoms with Crippen molar-refractivity contribution < 1.29 is 0 Å². The van der Waals surface area contributed by atoms with Gasteiger partial charge in [-0.1, -0.05) is 74.5 Å². The van der Waals surface area contributed by atoms with Gasteiger partial charge in [0.05, 0.1) is 0 Å². The topological polar surface area (TPSA) is 0 Å². The van der Waals surface area contributed by atoms with Gasteiger partial charge in [0.1, 0.15) is 0 Å². The van der Waals surface area contributed by atoms with Crippen LogP contribution in [0.4, 0.5) is 0 Å². The van der Waals surface area contributed by atoms with Crippen LogP contribution in [0.5, 0.6) is 0 Å². The van der Waals surface area contributed by atoms with Gasteiger partial charge < -0.3 is 0 Å². The van der Waals surface area contributed by atoms with Crippen molar-refractivity contribution in [3.63, 3.8) is 0 Å². The average molecular weight is 248 g/mol. The molecular weight excluding hydrogens is 228 g/mol. The van der Waals surface area contributed by atoms with Crippen molar-refractivity contribution in [2.75, 3.05) is 0 Å². The molecule has 96 valence electrons. The largest absolute Gasteiger partial charge is 0.0683 e. The van der Waals surface area contributed by atoms with E-state index in [2.05, 4.69) is 73.7 Å². The van der Waals surface area contributed by atoms with Crippen molar-refractivity contribution in [3.05, 3.63) is 72.3 Å². The second kappa shape index (κ2) is 6.19. The summed E-state index contributed by atoms with van der Waals surface area (Å²) in [5.41, 5.74) is 3.91. The molecule has 0 N–H and O–H groups in total. The molecule has 3 aromatic carbocycles. The van der Waals surface area contributed by atoms with Gasteiger partial charge in [0, 0.05) is 0 Å². The summed E-state index contributed by atoms with van der Waals surface area (Å²) in [5.74, 6) is 0. The highest BCUT2D eigenvalue weighted by Gasteiger charge is 2.01. The smallest absolute Gasteiger partial charge is 0.0154 e. The fourth-order valence-electron chi connectivity index (χ4n) is 2.30. The number of benzene rings is 3. The van der Waals surface area contributed by atoms with E-state index in [9.17, 15) is 0 Å². The minimum absolute atomic E-state index is 1.28. The lowest BCUT2D eigenvalue weighted by molar-refractivity contribution is 1.50. The summed E-state index contributed by atoms with van der Waals surface area (Å²) in [6, 6.07) is 23.6. The zero-order valence-electron chi connectivity index (χ0n) is 11.9. The molecule has 0 unspecified atom stereocenters.